The lowest BCUT2D eigenvalue weighted by Crippen LogP contribution is -2.07. The van der Waals surface area contributed by atoms with E-state index in [1.165, 1.54) is 0 Å². The summed E-state index contributed by atoms with van der Waals surface area (Å²) in [7, 11) is 0. The molecule has 3 heteroatoms. The van der Waals surface area contributed by atoms with Crippen molar-refractivity contribution in [2.24, 2.45) is 5.73 Å². The zero-order valence-electron chi connectivity index (χ0n) is 5.54. The normalized spacial score (nSPS) is 12.4. The van der Waals surface area contributed by atoms with Gasteiger partial charge in [-0.15, -0.1) is 0 Å². The lowest BCUT2D eigenvalue weighted by molar-refractivity contribution is 0.750. The van der Waals surface area contributed by atoms with E-state index in [1.54, 1.807) is 6.20 Å². The highest BCUT2D eigenvalue weighted by Gasteiger charge is 2.03. The molecule has 3 nitrogen and oxygen atoms in total. The van der Waals surface area contributed by atoms with Gasteiger partial charge in [-0.2, -0.15) is 5.26 Å². The maximum atomic E-state index is 8.30. The lowest BCUT2D eigenvalue weighted by Gasteiger charge is -2.01. The minimum atomic E-state index is -0.142. The van der Waals surface area contributed by atoms with Gasteiger partial charge in [0.25, 0.3) is 0 Å². The smallest absolute Gasteiger partial charge is 0.0641 e. The van der Waals surface area contributed by atoms with Gasteiger partial charge < -0.3 is 10.7 Å². The summed E-state index contributed by atoms with van der Waals surface area (Å²) < 4.78 is 0. The van der Waals surface area contributed by atoms with Gasteiger partial charge in [0.15, 0.2) is 0 Å². The molecule has 52 valence electrons. The van der Waals surface area contributed by atoms with Gasteiger partial charge in [-0.1, -0.05) is 0 Å². The van der Waals surface area contributed by atoms with Gasteiger partial charge in [-0.25, -0.2) is 0 Å². The van der Waals surface area contributed by atoms with Crippen LogP contribution in [-0.2, 0) is 0 Å². The maximum absolute atomic E-state index is 8.30. The van der Waals surface area contributed by atoms with E-state index in [0.29, 0.717) is 6.42 Å². The Morgan fingerprint density at radius 3 is 3.10 bits per heavy atom. The Morgan fingerprint density at radius 1 is 1.80 bits per heavy atom. The number of nitrogens with one attached hydrogen (secondary N) is 1. The van der Waals surface area contributed by atoms with Crippen molar-refractivity contribution in [3.8, 4) is 6.07 Å². The number of aromatic nitrogens is 1. The fourth-order valence-corrected chi connectivity index (χ4v) is 0.784. The third-order valence-electron chi connectivity index (χ3n) is 1.36. The molecular weight excluding hydrogens is 126 g/mol. The molecule has 0 aromatic carbocycles. The number of nitrogens with two attached hydrogens (primary N) is 1. The van der Waals surface area contributed by atoms with E-state index in [4.69, 9.17) is 11.0 Å². The molecule has 0 aliphatic carbocycles. The second kappa shape index (κ2) is 3.04. The highest BCUT2D eigenvalue weighted by Crippen LogP contribution is 2.10. The van der Waals surface area contributed by atoms with E-state index >= 15 is 0 Å². The lowest BCUT2D eigenvalue weighted by atomic mass is 10.1. The molecule has 0 saturated heterocycles. The summed E-state index contributed by atoms with van der Waals surface area (Å²) in [6.07, 6.45) is 3.98. The van der Waals surface area contributed by atoms with Gasteiger partial charge in [-0.3, -0.25) is 0 Å². The molecule has 1 aromatic rings. The van der Waals surface area contributed by atoms with Gasteiger partial charge in [0.1, 0.15) is 0 Å². The van der Waals surface area contributed by atoms with Crippen LogP contribution in [0.2, 0.25) is 0 Å². The second-order valence-corrected chi connectivity index (χ2v) is 2.11. The zero-order chi connectivity index (χ0) is 7.40. The van der Waals surface area contributed by atoms with E-state index in [-0.39, 0.29) is 6.04 Å². The molecule has 0 fully saturated rings. The number of rotatable bonds is 2. The molecule has 0 radical (unpaired) electrons. The topological polar surface area (TPSA) is 65.6 Å². The van der Waals surface area contributed by atoms with Crippen LogP contribution in [0.4, 0.5) is 0 Å². The van der Waals surface area contributed by atoms with Crippen molar-refractivity contribution in [3.63, 3.8) is 0 Å². The molecule has 0 aliphatic rings. The Balaban J connectivity index is 2.61. The Bertz CT molecular complexity index is 219. The first kappa shape index (κ1) is 6.84. The summed E-state index contributed by atoms with van der Waals surface area (Å²) >= 11 is 0. The molecule has 1 rings (SSSR count). The summed E-state index contributed by atoms with van der Waals surface area (Å²) in [5, 5.41) is 8.30. The van der Waals surface area contributed by atoms with E-state index < -0.39 is 0 Å². The number of nitriles is 1. The summed E-state index contributed by atoms with van der Waals surface area (Å²) in [5.41, 5.74) is 6.60. The monoisotopic (exact) mass is 135 g/mol. The third-order valence-corrected chi connectivity index (χ3v) is 1.36. The van der Waals surface area contributed by atoms with Crippen LogP contribution >= 0.6 is 0 Å². The molecule has 10 heavy (non-hydrogen) atoms. The van der Waals surface area contributed by atoms with E-state index in [9.17, 15) is 0 Å². The Morgan fingerprint density at radius 2 is 2.60 bits per heavy atom. The molecule has 3 N–H and O–H groups in total. The number of hydrogen-bond donors (Lipinski definition) is 2. The van der Waals surface area contributed by atoms with E-state index in [0.717, 1.165) is 5.56 Å². The number of nitrogens with zero attached hydrogens (tertiary/aromatic N) is 1. The highest BCUT2D eigenvalue weighted by molar-refractivity contribution is 5.14. The van der Waals surface area contributed by atoms with Gasteiger partial charge in [0, 0.05) is 18.4 Å². The maximum Gasteiger partial charge on any atom is 0.0641 e. The van der Waals surface area contributed by atoms with Crippen molar-refractivity contribution in [2.75, 3.05) is 0 Å². The van der Waals surface area contributed by atoms with Crippen molar-refractivity contribution < 1.29 is 0 Å². The minimum absolute atomic E-state index is 0.142. The highest BCUT2D eigenvalue weighted by atomic mass is 14.7. The molecule has 0 aliphatic heterocycles. The molecule has 0 bridgehead atoms. The summed E-state index contributed by atoms with van der Waals surface area (Å²) in [6, 6.07) is 3.75. The third kappa shape index (κ3) is 1.36. The van der Waals surface area contributed by atoms with Crippen LogP contribution in [0.25, 0.3) is 0 Å². The predicted molar refractivity (Wildman–Crippen MR) is 38.0 cm³/mol. The van der Waals surface area contributed by atoms with Crippen LogP contribution in [0, 0.1) is 11.3 Å². The molecule has 0 amide bonds. The predicted octanol–water partition coefficient (Wildman–Crippen LogP) is 0.928. The van der Waals surface area contributed by atoms with Gasteiger partial charge >= 0.3 is 0 Å². The van der Waals surface area contributed by atoms with Crippen LogP contribution in [0.5, 0.6) is 0 Å². The van der Waals surface area contributed by atoms with Gasteiger partial charge in [0.2, 0.25) is 0 Å². The van der Waals surface area contributed by atoms with Crippen LogP contribution in [-0.4, -0.2) is 4.98 Å². The standard InChI is InChI=1S/C7H9N3/c8-3-1-7(9)6-2-4-10-5-6/h2,4-5,7,10H,1,9H2/t7-/m1/s1. The fourth-order valence-electron chi connectivity index (χ4n) is 0.784. The van der Waals surface area contributed by atoms with Crippen molar-refractivity contribution >= 4 is 0 Å². The Labute approximate surface area is 59.5 Å². The molecule has 0 saturated carbocycles. The molecule has 0 spiro atoms. The molecular formula is C7H9N3. The largest absolute Gasteiger partial charge is 0.367 e. The first-order chi connectivity index (χ1) is 4.84. The van der Waals surface area contributed by atoms with Crippen LogP contribution < -0.4 is 5.73 Å². The SMILES string of the molecule is N#CC[C@@H](N)c1cc[nH]c1. The number of hydrogen-bond acceptors (Lipinski definition) is 2. The Hall–Kier alpha value is -1.27. The summed E-state index contributed by atoms with van der Waals surface area (Å²) in [6.45, 7) is 0. The first-order valence-electron chi connectivity index (χ1n) is 3.10. The second-order valence-electron chi connectivity index (χ2n) is 2.11. The number of aromatic amines is 1. The average molecular weight is 135 g/mol. The van der Waals surface area contributed by atoms with Crippen LogP contribution in [0.1, 0.15) is 18.0 Å². The number of H-pyrrole nitrogens is 1. The van der Waals surface area contributed by atoms with Crippen molar-refractivity contribution in [1.29, 1.82) is 5.26 Å². The minimum Gasteiger partial charge on any atom is -0.367 e. The van der Waals surface area contributed by atoms with Gasteiger partial charge in [-0.05, 0) is 11.6 Å². The van der Waals surface area contributed by atoms with Crippen LogP contribution in [0.3, 0.4) is 0 Å². The molecule has 1 aromatic heterocycles. The average Bonchev–Trinajstić information content (AvgIpc) is 2.38. The summed E-state index contributed by atoms with van der Waals surface area (Å²) in [5.74, 6) is 0. The quantitative estimate of drug-likeness (QED) is 0.633. The van der Waals surface area contributed by atoms with Crippen molar-refractivity contribution in [1.82, 2.24) is 4.98 Å². The first-order valence-corrected chi connectivity index (χ1v) is 3.10. The van der Waals surface area contributed by atoms with Crippen molar-refractivity contribution in [2.45, 2.75) is 12.5 Å². The Kier molecular flexibility index (Phi) is 2.08. The molecule has 0 unspecified atom stereocenters. The van der Waals surface area contributed by atoms with E-state index in [1.807, 2.05) is 18.3 Å². The summed E-state index contributed by atoms with van der Waals surface area (Å²) in [4.78, 5) is 2.88. The molecule has 1 heterocycles. The van der Waals surface area contributed by atoms with Gasteiger partial charge in [0.05, 0.1) is 12.5 Å². The zero-order valence-corrected chi connectivity index (χ0v) is 5.54. The van der Waals surface area contributed by atoms with Crippen LogP contribution in [0.15, 0.2) is 18.5 Å². The molecule has 1 atom stereocenters. The van der Waals surface area contributed by atoms with E-state index in [2.05, 4.69) is 4.98 Å². The fraction of sp³-hybridized carbons (Fsp3) is 0.286. The van der Waals surface area contributed by atoms with Crippen molar-refractivity contribution in [3.05, 3.63) is 24.0 Å².